The number of nitrogens with one attached hydrogen (secondary N) is 1. The van der Waals surface area contributed by atoms with Gasteiger partial charge in [0.1, 0.15) is 11.1 Å². The molecule has 0 aromatic carbocycles. The average Bonchev–Trinajstić information content (AvgIpc) is 2.87. The summed E-state index contributed by atoms with van der Waals surface area (Å²) >= 11 is 2.82. The van der Waals surface area contributed by atoms with Crippen LogP contribution >= 0.6 is 22.7 Å². The standard InChI is InChI=1S/C10H6N2OS2/c11-5-7-2-4-15-10(7)12-9(13)8-1-3-14-6-8/h1-4,6H,(H,12,13). The molecule has 1 N–H and O–H groups in total. The highest BCUT2D eigenvalue weighted by Gasteiger charge is 2.09. The molecule has 0 atom stereocenters. The minimum atomic E-state index is -0.171. The monoisotopic (exact) mass is 234 g/mol. The van der Waals surface area contributed by atoms with Crippen molar-refractivity contribution >= 4 is 33.6 Å². The molecule has 2 aromatic heterocycles. The van der Waals surface area contributed by atoms with Gasteiger partial charge in [0, 0.05) is 5.38 Å². The maximum absolute atomic E-state index is 11.6. The molecule has 0 spiro atoms. The van der Waals surface area contributed by atoms with E-state index in [9.17, 15) is 4.79 Å². The number of nitriles is 1. The van der Waals surface area contributed by atoms with Gasteiger partial charge in [-0.05, 0) is 22.9 Å². The van der Waals surface area contributed by atoms with Crippen LogP contribution in [0.4, 0.5) is 5.00 Å². The lowest BCUT2D eigenvalue weighted by Gasteiger charge is -2.00. The smallest absolute Gasteiger partial charge is 0.257 e. The van der Waals surface area contributed by atoms with E-state index in [1.165, 1.54) is 22.7 Å². The second-order valence-corrected chi connectivity index (χ2v) is 4.44. The van der Waals surface area contributed by atoms with Crippen molar-refractivity contribution < 1.29 is 4.79 Å². The first kappa shape index (κ1) is 9.90. The number of carbonyl (C=O) groups is 1. The molecule has 0 saturated carbocycles. The zero-order chi connectivity index (χ0) is 10.7. The quantitative estimate of drug-likeness (QED) is 0.868. The van der Waals surface area contributed by atoms with Gasteiger partial charge in [-0.25, -0.2) is 0 Å². The van der Waals surface area contributed by atoms with Gasteiger partial charge >= 0.3 is 0 Å². The zero-order valence-corrected chi connectivity index (χ0v) is 9.19. The van der Waals surface area contributed by atoms with Crippen LogP contribution in [0.5, 0.6) is 0 Å². The Hall–Kier alpha value is -1.64. The Morgan fingerprint density at radius 2 is 2.27 bits per heavy atom. The highest BCUT2D eigenvalue weighted by atomic mass is 32.1. The van der Waals surface area contributed by atoms with Gasteiger partial charge in [0.25, 0.3) is 5.91 Å². The summed E-state index contributed by atoms with van der Waals surface area (Å²) in [7, 11) is 0. The lowest BCUT2D eigenvalue weighted by Crippen LogP contribution is -2.10. The second-order valence-electron chi connectivity index (χ2n) is 2.74. The van der Waals surface area contributed by atoms with Crippen molar-refractivity contribution in [3.8, 4) is 6.07 Å². The SMILES string of the molecule is N#Cc1ccsc1NC(=O)c1ccsc1. The molecule has 1 amide bonds. The third-order valence-corrected chi connectivity index (χ3v) is 3.31. The Labute approximate surface area is 94.6 Å². The van der Waals surface area contributed by atoms with Crippen molar-refractivity contribution in [2.75, 3.05) is 5.32 Å². The van der Waals surface area contributed by atoms with Gasteiger partial charge in [-0.15, -0.1) is 11.3 Å². The van der Waals surface area contributed by atoms with Crippen LogP contribution in [0.15, 0.2) is 28.3 Å². The highest BCUT2D eigenvalue weighted by molar-refractivity contribution is 7.14. The van der Waals surface area contributed by atoms with E-state index in [2.05, 4.69) is 5.32 Å². The first-order chi connectivity index (χ1) is 7.31. The normalized spacial score (nSPS) is 9.53. The fourth-order valence-corrected chi connectivity index (χ4v) is 2.43. The summed E-state index contributed by atoms with van der Waals surface area (Å²) in [4.78, 5) is 11.6. The molecule has 0 aliphatic rings. The van der Waals surface area contributed by atoms with E-state index < -0.39 is 0 Å². The van der Waals surface area contributed by atoms with Gasteiger partial charge in [0.15, 0.2) is 0 Å². The van der Waals surface area contributed by atoms with E-state index in [4.69, 9.17) is 5.26 Å². The Morgan fingerprint density at radius 1 is 1.40 bits per heavy atom. The predicted octanol–water partition coefficient (Wildman–Crippen LogP) is 2.93. The Balaban J connectivity index is 2.17. The number of rotatable bonds is 2. The zero-order valence-electron chi connectivity index (χ0n) is 7.56. The van der Waals surface area contributed by atoms with Gasteiger partial charge in [-0.2, -0.15) is 16.6 Å². The molecule has 5 heteroatoms. The number of nitrogens with zero attached hydrogens (tertiary/aromatic N) is 1. The number of amides is 1. The number of hydrogen-bond donors (Lipinski definition) is 1. The molecule has 0 saturated heterocycles. The molecular weight excluding hydrogens is 228 g/mol. The third kappa shape index (κ3) is 2.06. The first-order valence-corrected chi connectivity index (χ1v) is 5.94. The van der Waals surface area contributed by atoms with Gasteiger partial charge in [-0.3, -0.25) is 4.79 Å². The van der Waals surface area contributed by atoms with Gasteiger partial charge < -0.3 is 5.32 Å². The summed E-state index contributed by atoms with van der Waals surface area (Å²) < 4.78 is 0. The molecule has 3 nitrogen and oxygen atoms in total. The second kappa shape index (κ2) is 4.26. The summed E-state index contributed by atoms with van der Waals surface area (Å²) in [6.07, 6.45) is 0. The van der Waals surface area contributed by atoms with E-state index in [0.717, 1.165) is 0 Å². The van der Waals surface area contributed by atoms with E-state index in [-0.39, 0.29) is 5.91 Å². The van der Waals surface area contributed by atoms with Gasteiger partial charge in [-0.1, -0.05) is 0 Å². The van der Waals surface area contributed by atoms with E-state index in [0.29, 0.717) is 16.1 Å². The van der Waals surface area contributed by atoms with Crippen LogP contribution < -0.4 is 5.32 Å². The minimum absolute atomic E-state index is 0.171. The van der Waals surface area contributed by atoms with Crippen LogP contribution in [0, 0.1) is 11.3 Å². The average molecular weight is 234 g/mol. The van der Waals surface area contributed by atoms with Crippen molar-refractivity contribution in [3.05, 3.63) is 39.4 Å². The van der Waals surface area contributed by atoms with Crippen molar-refractivity contribution in [2.45, 2.75) is 0 Å². The Kier molecular flexibility index (Phi) is 2.81. The highest BCUT2D eigenvalue weighted by Crippen LogP contribution is 2.23. The summed E-state index contributed by atoms with van der Waals surface area (Å²) in [5.41, 5.74) is 1.13. The molecule has 0 aliphatic carbocycles. The topological polar surface area (TPSA) is 52.9 Å². The van der Waals surface area contributed by atoms with Crippen molar-refractivity contribution in [2.24, 2.45) is 0 Å². The first-order valence-electron chi connectivity index (χ1n) is 4.12. The van der Waals surface area contributed by atoms with Crippen LogP contribution in [-0.2, 0) is 0 Å². The molecule has 0 bridgehead atoms. The van der Waals surface area contributed by atoms with Gasteiger partial charge in [0.05, 0.1) is 11.1 Å². The van der Waals surface area contributed by atoms with Crippen LogP contribution in [0.1, 0.15) is 15.9 Å². The molecule has 0 unspecified atom stereocenters. The van der Waals surface area contributed by atoms with Crippen molar-refractivity contribution in [1.82, 2.24) is 0 Å². The summed E-state index contributed by atoms with van der Waals surface area (Å²) in [6.45, 7) is 0. The number of thiophene rings is 2. The summed E-state index contributed by atoms with van der Waals surface area (Å²) in [5, 5.41) is 17.5. The minimum Gasteiger partial charge on any atom is -0.312 e. The molecule has 0 radical (unpaired) electrons. The molecule has 2 aromatic rings. The van der Waals surface area contributed by atoms with Crippen LogP contribution in [-0.4, -0.2) is 5.91 Å². The predicted molar refractivity (Wildman–Crippen MR) is 61.3 cm³/mol. The maximum atomic E-state index is 11.6. The van der Waals surface area contributed by atoms with Crippen molar-refractivity contribution in [3.63, 3.8) is 0 Å². The number of carbonyl (C=O) groups excluding carboxylic acids is 1. The molecule has 0 aliphatic heterocycles. The molecule has 2 heterocycles. The lowest BCUT2D eigenvalue weighted by molar-refractivity contribution is 0.102. The van der Waals surface area contributed by atoms with Gasteiger partial charge in [0.2, 0.25) is 0 Å². The van der Waals surface area contributed by atoms with Crippen LogP contribution in [0.25, 0.3) is 0 Å². The van der Waals surface area contributed by atoms with Crippen LogP contribution in [0.2, 0.25) is 0 Å². The maximum Gasteiger partial charge on any atom is 0.257 e. The fourth-order valence-electron chi connectivity index (χ4n) is 1.06. The number of hydrogen-bond acceptors (Lipinski definition) is 4. The molecule has 74 valence electrons. The lowest BCUT2D eigenvalue weighted by atomic mass is 10.3. The summed E-state index contributed by atoms with van der Waals surface area (Å²) in [6, 6.07) is 5.46. The van der Waals surface area contributed by atoms with Crippen molar-refractivity contribution in [1.29, 1.82) is 5.26 Å². The third-order valence-electron chi connectivity index (χ3n) is 1.80. The molecule has 15 heavy (non-hydrogen) atoms. The van der Waals surface area contributed by atoms with E-state index in [1.54, 1.807) is 22.9 Å². The largest absolute Gasteiger partial charge is 0.312 e. The Morgan fingerprint density at radius 3 is 2.93 bits per heavy atom. The Bertz CT molecular complexity index is 508. The fraction of sp³-hybridized carbons (Fsp3) is 0. The van der Waals surface area contributed by atoms with Crippen LogP contribution in [0.3, 0.4) is 0 Å². The summed E-state index contributed by atoms with van der Waals surface area (Å²) in [5.74, 6) is -0.171. The van der Waals surface area contributed by atoms with E-state index in [1.807, 2.05) is 11.4 Å². The number of anilines is 1. The molecular formula is C10H6N2OS2. The van der Waals surface area contributed by atoms with E-state index >= 15 is 0 Å². The molecule has 0 fully saturated rings. The molecule has 2 rings (SSSR count).